The summed E-state index contributed by atoms with van der Waals surface area (Å²) in [6, 6.07) is 13.5. The Hall–Kier alpha value is -3.66. The second kappa shape index (κ2) is 10.1. The van der Waals surface area contributed by atoms with Crippen molar-refractivity contribution in [1.82, 2.24) is 15.2 Å². The number of thioether (sulfide) groups is 1. The Morgan fingerprint density at radius 2 is 1.91 bits per heavy atom. The number of aromatic nitrogens is 1. The summed E-state index contributed by atoms with van der Waals surface area (Å²) < 4.78 is 28.8. The van der Waals surface area contributed by atoms with Crippen LogP contribution in [0.4, 0.5) is 13.6 Å². The van der Waals surface area contributed by atoms with Gasteiger partial charge in [0.25, 0.3) is 11.1 Å². The maximum absolute atomic E-state index is 12.6. The number of hydrogen-bond donors (Lipinski definition) is 2. The minimum Gasteiger partial charge on any atom is -0.435 e. The average Bonchev–Trinajstić information content (AvgIpc) is 3.25. The summed E-state index contributed by atoms with van der Waals surface area (Å²) in [5, 5.41) is 3.32. The number of imide groups is 1. The predicted octanol–water partition coefficient (Wildman–Crippen LogP) is 4.47. The topological polar surface area (TPSA) is 91.5 Å². The zero-order valence-electron chi connectivity index (χ0n) is 18.1. The van der Waals surface area contributed by atoms with Gasteiger partial charge in [0.05, 0.1) is 11.3 Å². The van der Waals surface area contributed by atoms with Gasteiger partial charge in [-0.3, -0.25) is 19.3 Å². The highest BCUT2D eigenvalue weighted by atomic mass is 32.2. The average molecular weight is 486 g/mol. The van der Waals surface area contributed by atoms with Gasteiger partial charge in [-0.25, -0.2) is 0 Å². The predicted molar refractivity (Wildman–Crippen MR) is 126 cm³/mol. The fourth-order valence-corrected chi connectivity index (χ4v) is 4.55. The van der Waals surface area contributed by atoms with Crippen molar-refractivity contribution in [3.8, 4) is 5.75 Å². The van der Waals surface area contributed by atoms with Crippen molar-refractivity contribution in [2.45, 2.75) is 20.0 Å². The van der Waals surface area contributed by atoms with Crippen molar-refractivity contribution in [2.75, 3.05) is 13.1 Å². The van der Waals surface area contributed by atoms with Crippen LogP contribution in [0.3, 0.4) is 0 Å². The third-order valence-electron chi connectivity index (χ3n) is 5.30. The largest absolute Gasteiger partial charge is 0.435 e. The smallest absolute Gasteiger partial charge is 0.387 e. The molecule has 7 nitrogen and oxygen atoms in total. The Morgan fingerprint density at radius 3 is 2.65 bits per heavy atom. The molecule has 1 fully saturated rings. The molecule has 1 aliphatic heterocycles. The summed E-state index contributed by atoms with van der Waals surface area (Å²) >= 11 is 0.788. The number of nitrogens with one attached hydrogen (secondary N) is 2. The van der Waals surface area contributed by atoms with E-state index in [9.17, 15) is 23.2 Å². The number of hydrogen-bond acceptors (Lipinski definition) is 5. The third kappa shape index (κ3) is 5.28. The number of alkyl halides is 2. The van der Waals surface area contributed by atoms with Gasteiger partial charge in [0, 0.05) is 29.7 Å². The van der Waals surface area contributed by atoms with E-state index in [-0.39, 0.29) is 36.1 Å². The molecule has 0 spiro atoms. The first kappa shape index (κ1) is 23.5. The summed E-state index contributed by atoms with van der Waals surface area (Å²) in [5.74, 6) is -0.676. The lowest BCUT2D eigenvalue weighted by Gasteiger charge is -2.13. The van der Waals surface area contributed by atoms with E-state index in [0.29, 0.717) is 5.56 Å². The number of amides is 3. The number of carbonyl (C=O) groups excluding carboxylic acids is 3. The second-order valence-electron chi connectivity index (χ2n) is 7.58. The first-order valence-corrected chi connectivity index (χ1v) is 11.3. The Balaban J connectivity index is 1.32. The maximum atomic E-state index is 12.6. The molecule has 0 unspecified atom stereocenters. The Bertz CT molecular complexity index is 1270. The molecule has 2 aromatic carbocycles. The molecule has 0 radical (unpaired) electrons. The van der Waals surface area contributed by atoms with Crippen LogP contribution < -0.4 is 10.1 Å². The molecule has 2 N–H and O–H groups in total. The molecule has 0 aliphatic carbocycles. The monoisotopic (exact) mass is 485 g/mol. The molecule has 0 atom stereocenters. The van der Waals surface area contributed by atoms with Gasteiger partial charge in [-0.15, -0.1) is 0 Å². The quantitative estimate of drug-likeness (QED) is 0.460. The number of rotatable bonds is 8. The second-order valence-corrected chi connectivity index (χ2v) is 8.57. The van der Waals surface area contributed by atoms with E-state index in [4.69, 9.17) is 0 Å². The van der Waals surface area contributed by atoms with Crippen molar-refractivity contribution in [2.24, 2.45) is 0 Å². The van der Waals surface area contributed by atoms with Crippen LogP contribution in [0.1, 0.15) is 16.8 Å². The molecule has 3 amide bonds. The number of para-hydroxylation sites is 1. The fraction of sp³-hybridized carbons (Fsp3) is 0.208. The van der Waals surface area contributed by atoms with E-state index in [1.165, 1.54) is 30.3 Å². The molecule has 176 valence electrons. The Kier molecular flexibility index (Phi) is 6.97. The van der Waals surface area contributed by atoms with E-state index in [1.807, 2.05) is 31.2 Å². The van der Waals surface area contributed by atoms with Gasteiger partial charge in [0.2, 0.25) is 5.91 Å². The number of aromatic amines is 1. The molecular formula is C24H21F2N3O4S. The lowest BCUT2D eigenvalue weighted by Crippen LogP contribution is -2.37. The van der Waals surface area contributed by atoms with Crippen LogP contribution in [0.15, 0.2) is 53.4 Å². The van der Waals surface area contributed by atoms with Crippen LogP contribution in [0.25, 0.3) is 17.0 Å². The fourth-order valence-electron chi connectivity index (χ4n) is 3.68. The summed E-state index contributed by atoms with van der Waals surface area (Å²) in [6.07, 6.45) is 1.69. The van der Waals surface area contributed by atoms with Crippen molar-refractivity contribution in [3.63, 3.8) is 0 Å². The number of halogens is 2. The minimum atomic E-state index is -2.92. The van der Waals surface area contributed by atoms with Crippen LogP contribution in [0, 0.1) is 6.92 Å². The molecule has 3 aromatic rings. The van der Waals surface area contributed by atoms with Gasteiger partial charge < -0.3 is 15.0 Å². The Labute approximate surface area is 198 Å². The molecule has 1 aliphatic rings. The van der Waals surface area contributed by atoms with Crippen LogP contribution in [0.5, 0.6) is 5.75 Å². The van der Waals surface area contributed by atoms with Crippen LogP contribution in [-0.2, 0) is 16.0 Å². The van der Waals surface area contributed by atoms with Gasteiger partial charge in [0.1, 0.15) is 5.75 Å². The molecule has 0 saturated carbocycles. The minimum absolute atomic E-state index is 0.00109. The van der Waals surface area contributed by atoms with Gasteiger partial charge in [-0.05, 0) is 54.1 Å². The first-order valence-electron chi connectivity index (χ1n) is 10.4. The Morgan fingerprint density at radius 1 is 1.18 bits per heavy atom. The van der Waals surface area contributed by atoms with Gasteiger partial charge in [-0.2, -0.15) is 8.78 Å². The highest BCUT2D eigenvalue weighted by Gasteiger charge is 2.34. The van der Waals surface area contributed by atoms with Gasteiger partial charge in [-0.1, -0.05) is 30.3 Å². The van der Waals surface area contributed by atoms with Crippen LogP contribution >= 0.6 is 11.8 Å². The van der Waals surface area contributed by atoms with Crippen molar-refractivity contribution >= 4 is 45.8 Å². The standard InChI is InChI=1S/C24H21F2N3O4S/c1-14-18(17-4-2-3-5-19(17)28-14)13-21(30)27-10-11-29-22(31)20(34-24(29)32)12-15-6-8-16(9-7-15)33-23(25)26/h2-9,12,23,28H,10-11,13H2,1H3,(H,27,30). The van der Waals surface area contributed by atoms with E-state index in [2.05, 4.69) is 15.0 Å². The lowest BCUT2D eigenvalue weighted by atomic mass is 10.1. The van der Waals surface area contributed by atoms with Crippen molar-refractivity contribution < 1.29 is 27.9 Å². The summed E-state index contributed by atoms with van der Waals surface area (Å²) in [4.78, 5) is 41.9. The number of H-pyrrole nitrogens is 1. The number of ether oxygens (including phenoxy) is 1. The summed E-state index contributed by atoms with van der Waals surface area (Å²) in [5.41, 5.74) is 3.35. The maximum Gasteiger partial charge on any atom is 0.387 e. The van der Waals surface area contributed by atoms with Crippen LogP contribution in [-0.4, -0.2) is 46.6 Å². The number of fused-ring (bicyclic) bond motifs is 1. The number of benzene rings is 2. The first-order chi connectivity index (χ1) is 16.3. The van der Waals surface area contributed by atoms with Crippen molar-refractivity contribution in [1.29, 1.82) is 0 Å². The summed E-state index contributed by atoms with van der Waals surface area (Å²) in [7, 11) is 0. The van der Waals surface area contributed by atoms with Crippen LogP contribution in [0.2, 0.25) is 0 Å². The van der Waals surface area contributed by atoms with E-state index < -0.39 is 17.8 Å². The van der Waals surface area contributed by atoms with E-state index >= 15 is 0 Å². The van der Waals surface area contributed by atoms with Gasteiger partial charge >= 0.3 is 6.61 Å². The number of aryl methyl sites for hydroxylation is 1. The number of carbonyl (C=O) groups is 3. The SMILES string of the molecule is Cc1[nH]c2ccccc2c1CC(=O)NCCN1C(=O)SC(=Cc2ccc(OC(F)F)cc2)C1=O. The molecule has 1 saturated heterocycles. The molecule has 4 rings (SSSR count). The summed E-state index contributed by atoms with van der Waals surface area (Å²) in [6.45, 7) is -0.837. The molecule has 34 heavy (non-hydrogen) atoms. The zero-order valence-corrected chi connectivity index (χ0v) is 19.0. The zero-order chi connectivity index (χ0) is 24.2. The van der Waals surface area contributed by atoms with Crippen molar-refractivity contribution in [3.05, 3.63) is 70.3 Å². The van der Waals surface area contributed by atoms with E-state index in [1.54, 1.807) is 0 Å². The third-order valence-corrected chi connectivity index (χ3v) is 6.21. The molecular weight excluding hydrogens is 464 g/mol. The molecule has 10 heteroatoms. The molecule has 1 aromatic heterocycles. The van der Waals surface area contributed by atoms with E-state index in [0.717, 1.165) is 38.8 Å². The molecule has 2 heterocycles. The molecule has 0 bridgehead atoms. The highest BCUT2D eigenvalue weighted by Crippen LogP contribution is 2.32. The lowest BCUT2D eigenvalue weighted by molar-refractivity contribution is -0.124. The number of nitrogens with zero attached hydrogens (tertiary/aromatic N) is 1. The van der Waals surface area contributed by atoms with Gasteiger partial charge in [0.15, 0.2) is 0 Å². The highest BCUT2D eigenvalue weighted by molar-refractivity contribution is 8.18. The normalized spacial score (nSPS) is 15.1.